The lowest BCUT2D eigenvalue weighted by Gasteiger charge is -2.27. The average molecular weight is 201 g/mol. The first-order valence-corrected chi connectivity index (χ1v) is 4.79. The minimum atomic E-state index is -1.28. The number of carbonyl (C=O) groups is 2. The maximum absolute atomic E-state index is 10.6. The molecule has 1 saturated heterocycles. The molecule has 0 atom stereocenters. The summed E-state index contributed by atoms with van der Waals surface area (Å²) in [6.45, 7) is 1.76. The summed E-state index contributed by atoms with van der Waals surface area (Å²) in [7, 11) is 0. The summed E-state index contributed by atoms with van der Waals surface area (Å²) in [5, 5.41) is 17.3. The molecular weight excluding hydrogens is 186 g/mol. The molecule has 1 aliphatic heterocycles. The van der Waals surface area contributed by atoms with Gasteiger partial charge in [-0.1, -0.05) is 6.42 Å². The number of carboxylic acids is 2. The summed E-state index contributed by atoms with van der Waals surface area (Å²) in [6.07, 6.45) is 3.22. The normalized spacial score (nSPS) is 18.4. The lowest BCUT2D eigenvalue weighted by atomic mass is 10.1. The van der Waals surface area contributed by atoms with Gasteiger partial charge in [-0.25, -0.2) is 0 Å². The summed E-state index contributed by atoms with van der Waals surface area (Å²) < 4.78 is 0. The van der Waals surface area contributed by atoms with Crippen LogP contribution in [0.15, 0.2) is 0 Å². The fourth-order valence-corrected chi connectivity index (χ4v) is 1.66. The molecule has 80 valence electrons. The van der Waals surface area contributed by atoms with E-state index in [0.717, 1.165) is 32.4 Å². The minimum absolute atomic E-state index is 0.130. The van der Waals surface area contributed by atoms with Crippen LogP contribution < -0.4 is 0 Å². The molecule has 0 radical (unpaired) electrons. The van der Waals surface area contributed by atoms with Crippen molar-refractivity contribution in [2.75, 3.05) is 19.6 Å². The van der Waals surface area contributed by atoms with Gasteiger partial charge < -0.3 is 15.1 Å². The van der Waals surface area contributed by atoms with Gasteiger partial charge in [-0.05, 0) is 25.9 Å². The van der Waals surface area contributed by atoms with Crippen LogP contribution in [0.2, 0.25) is 0 Å². The zero-order chi connectivity index (χ0) is 10.6. The zero-order valence-electron chi connectivity index (χ0n) is 7.98. The van der Waals surface area contributed by atoms with Crippen LogP contribution in [0.1, 0.15) is 19.3 Å². The molecule has 0 bridgehead atoms. The van der Waals surface area contributed by atoms with Crippen LogP contribution in [0.25, 0.3) is 0 Å². The molecule has 0 saturated carbocycles. The lowest BCUT2D eigenvalue weighted by molar-refractivity contribution is -0.155. The Kier molecular flexibility index (Phi) is 3.88. The molecule has 1 fully saturated rings. The Morgan fingerprint density at radius 1 is 1.07 bits per heavy atom. The van der Waals surface area contributed by atoms with Crippen LogP contribution in [0.4, 0.5) is 0 Å². The highest BCUT2D eigenvalue weighted by molar-refractivity contribution is 5.93. The summed E-state index contributed by atoms with van der Waals surface area (Å²) >= 11 is 0. The van der Waals surface area contributed by atoms with E-state index in [0.29, 0.717) is 0 Å². The van der Waals surface area contributed by atoms with Gasteiger partial charge >= 0.3 is 11.9 Å². The van der Waals surface area contributed by atoms with Gasteiger partial charge in [0.2, 0.25) is 0 Å². The van der Waals surface area contributed by atoms with E-state index in [1.807, 2.05) is 4.90 Å². The molecule has 0 aromatic heterocycles. The van der Waals surface area contributed by atoms with Crippen LogP contribution >= 0.6 is 0 Å². The Hall–Kier alpha value is -1.10. The van der Waals surface area contributed by atoms with Crippen molar-refractivity contribution in [3.05, 3.63) is 0 Å². The summed E-state index contributed by atoms with van der Waals surface area (Å²) in [4.78, 5) is 23.1. The van der Waals surface area contributed by atoms with Crippen LogP contribution in [0, 0.1) is 5.92 Å². The van der Waals surface area contributed by atoms with Gasteiger partial charge in [0, 0.05) is 6.54 Å². The Labute approximate surface area is 82.3 Å². The number of nitrogens with zero attached hydrogens (tertiary/aromatic N) is 1. The fourth-order valence-electron chi connectivity index (χ4n) is 1.66. The molecule has 0 aromatic carbocycles. The van der Waals surface area contributed by atoms with E-state index >= 15 is 0 Å². The third-order valence-corrected chi connectivity index (χ3v) is 2.49. The summed E-state index contributed by atoms with van der Waals surface area (Å²) in [6, 6.07) is 0. The number of carboxylic acid groups (broad SMARTS) is 2. The number of aliphatic carboxylic acids is 2. The monoisotopic (exact) mass is 201 g/mol. The van der Waals surface area contributed by atoms with Gasteiger partial charge in [-0.3, -0.25) is 9.59 Å². The standard InChI is InChI=1S/C9H15NO4/c11-8(12)7(9(13)14)6-10-4-2-1-3-5-10/h7H,1-6H2,(H,11,12)(H,13,14). The SMILES string of the molecule is O=C(O)C(CN1CCCCC1)C(=O)O. The molecule has 0 unspecified atom stereocenters. The van der Waals surface area contributed by atoms with Crippen LogP contribution in [0.5, 0.6) is 0 Å². The van der Waals surface area contributed by atoms with Crippen LogP contribution in [0.3, 0.4) is 0 Å². The largest absolute Gasteiger partial charge is 0.481 e. The number of hydrogen-bond donors (Lipinski definition) is 2. The van der Waals surface area contributed by atoms with Crippen LogP contribution in [-0.2, 0) is 9.59 Å². The van der Waals surface area contributed by atoms with Gasteiger partial charge in [0.05, 0.1) is 0 Å². The van der Waals surface area contributed by atoms with E-state index in [1.165, 1.54) is 0 Å². The first-order chi connectivity index (χ1) is 6.61. The Balaban J connectivity index is 2.45. The average Bonchev–Trinajstić information content (AvgIpc) is 2.15. The number of hydrogen-bond acceptors (Lipinski definition) is 3. The quantitative estimate of drug-likeness (QED) is 0.638. The van der Waals surface area contributed by atoms with Gasteiger partial charge in [0.1, 0.15) is 0 Å². The highest BCUT2D eigenvalue weighted by Gasteiger charge is 2.28. The zero-order valence-corrected chi connectivity index (χ0v) is 7.98. The van der Waals surface area contributed by atoms with Gasteiger partial charge in [0.25, 0.3) is 0 Å². The van der Waals surface area contributed by atoms with Crippen molar-refractivity contribution >= 4 is 11.9 Å². The van der Waals surface area contributed by atoms with E-state index in [2.05, 4.69) is 0 Å². The molecule has 1 rings (SSSR count). The van der Waals surface area contributed by atoms with Gasteiger partial charge in [0.15, 0.2) is 5.92 Å². The molecule has 14 heavy (non-hydrogen) atoms. The molecule has 2 N–H and O–H groups in total. The molecule has 0 spiro atoms. The Bertz CT molecular complexity index is 209. The van der Waals surface area contributed by atoms with Gasteiger partial charge in [-0.2, -0.15) is 0 Å². The first kappa shape index (κ1) is 11.0. The second-order valence-electron chi connectivity index (χ2n) is 3.59. The molecule has 1 aliphatic rings. The van der Waals surface area contributed by atoms with Gasteiger partial charge in [-0.15, -0.1) is 0 Å². The van der Waals surface area contributed by atoms with E-state index in [1.54, 1.807) is 0 Å². The van der Waals surface area contributed by atoms with E-state index in [-0.39, 0.29) is 6.54 Å². The fraction of sp³-hybridized carbons (Fsp3) is 0.778. The van der Waals surface area contributed by atoms with Crippen molar-refractivity contribution in [3.63, 3.8) is 0 Å². The second kappa shape index (κ2) is 4.95. The maximum atomic E-state index is 10.6. The number of likely N-dealkylation sites (tertiary alicyclic amines) is 1. The van der Waals surface area contributed by atoms with Crippen molar-refractivity contribution in [2.45, 2.75) is 19.3 Å². The van der Waals surface area contributed by atoms with E-state index < -0.39 is 17.9 Å². The highest BCUT2D eigenvalue weighted by atomic mass is 16.4. The lowest BCUT2D eigenvalue weighted by Crippen LogP contribution is -2.40. The number of piperidine rings is 1. The van der Waals surface area contributed by atoms with Crippen molar-refractivity contribution < 1.29 is 19.8 Å². The predicted molar refractivity (Wildman–Crippen MR) is 49.1 cm³/mol. The van der Waals surface area contributed by atoms with Crippen molar-refractivity contribution in [2.24, 2.45) is 5.92 Å². The molecular formula is C9H15NO4. The summed E-state index contributed by atoms with van der Waals surface area (Å²) in [5.74, 6) is -3.78. The van der Waals surface area contributed by atoms with Crippen LogP contribution in [-0.4, -0.2) is 46.7 Å². The highest BCUT2D eigenvalue weighted by Crippen LogP contribution is 2.11. The molecule has 0 aromatic rings. The Morgan fingerprint density at radius 3 is 2.00 bits per heavy atom. The van der Waals surface area contributed by atoms with Crippen molar-refractivity contribution in [3.8, 4) is 0 Å². The molecule has 1 heterocycles. The van der Waals surface area contributed by atoms with E-state index in [4.69, 9.17) is 10.2 Å². The molecule has 5 heteroatoms. The molecule has 0 amide bonds. The topological polar surface area (TPSA) is 77.8 Å². The second-order valence-corrected chi connectivity index (χ2v) is 3.59. The maximum Gasteiger partial charge on any atom is 0.319 e. The smallest absolute Gasteiger partial charge is 0.319 e. The third kappa shape index (κ3) is 2.99. The third-order valence-electron chi connectivity index (χ3n) is 2.49. The molecule has 5 nitrogen and oxygen atoms in total. The number of rotatable bonds is 4. The van der Waals surface area contributed by atoms with E-state index in [9.17, 15) is 9.59 Å². The summed E-state index contributed by atoms with van der Waals surface area (Å²) in [5.41, 5.74) is 0. The molecule has 0 aliphatic carbocycles. The first-order valence-electron chi connectivity index (χ1n) is 4.79. The predicted octanol–water partition coefficient (Wildman–Crippen LogP) is 0.258. The van der Waals surface area contributed by atoms with Crippen molar-refractivity contribution in [1.29, 1.82) is 0 Å². The Morgan fingerprint density at radius 2 is 1.57 bits per heavy atom. The minimum Gasteiger partial charge on any atom is -0.481 e. The van der Waals surface area contributed by atoms with Crippen molar-refractivity contribution in [1.82, 2.24) is 4.90 Å².